The van der Waals surface area contributed by atoms with Crippen molar-refractivity contribution in [3.63, 3.8) is 0 Å². The van der Waals surface area contributed by atoms with Crippen LogP contribution in [-0.2, 0) is 7.05 Å². The summed E-state index contributed by atoms with van der Waals surface area (Å²) in [5.41, 5.74) is 3.40. The lowest BCUT2D eigenvalue weighted by molar-refractivity contribution is -0.383. The minimum Gasteiger partial charge on any atom is -0.478 e. The second kappa shape index (κ2) is 6.65. The van der Waals surface area contributed by atoms with Crippen molar-refractivity contribution < 1.29 is 9.66 Å². The molecule has 3 heterocycles. The van der Waals surface area contributed by atoms with Crippen molar-refractivity contribution in [1.29, 1.82) is 0 Å². The molecule has 0 spiro atoms. The summed E-state index contributed by atoms with van der Waals surface area (Å²) >= 11 is 0. The van der Waals surface area contributed by atoms with E-state index in [1.165, 1.54) is 13.2 Å². The number of H-pyrrole nitrogens is 1. The summed E-state index contributed by atoms with van der Waals surface area (Å²) in [6, 6.07) is 4.96. The number of aromatic nitrogens is 5. The topological polar surface area (TPSA) is 124 Å². The number of anilines is 2. The minimum atomic E-state index is -0.406. The van der Waals surface area contributed by atoms with E-state index in [9.17, 15) is 10.1 Å². The first-order valence-electron chi connectivity index (χ1n) is 8.41. The largest absolute Gasteiger partial charge is 0.478 e. The third-order valence-electron chi connectivity index (χ3n) is 4.35. The van der Waals surface area contributed by atoms with Gasteiger partial charge in [0.05, 0.1) is 23.9 Å². The van der Waals surface area contributed by atoms with Crippen molar-refractivity contribution in [2.24, 2.45) is 7.05 Å². The van der Waals surface area contributed by atoms with Crippen LogP contribution >= 0.6 is 0 Å². The molecule has 28 heavy (non-hydrogen) atoms. The standard InChI is InChI=1S/C18H17N7O3/c1-10-7-20-18(21-13-9-24(2)23-17(13)28-3)22-15(10)12-8-19-16-11(12)5-4-6-14(16)25(26)27/h4-9,19H,1-3H3,(H,20,21,22). The fourth-order valence-corrected chi connectivity index (χ4v) is 3.09. The van der Waals surface area contributed by atoms with Crippen molar-refractivity contribution >= 4 is 28.2 Å². The number of ether oxygens (including phenoxy) is 1. The van der Waals surface area contributed by atoms with Crippen molar-refractivity contribution in [1.82, 2.24) is 24.7 Å². The van der Waals surface area contributed by atoms with Crippen LogP contribution in [0, 0.1) is 17.0 Å². The maximum absolute atomic E-state index is 11.3. The van der Waals surface area contributed by atoms with Gasteiger partial charge in [0.1, 0.15) is 11.2 Å². The van der Waals surface area contributed by atoms with Crippen LogP contribution in [0.2, 0.25) is 0 Å². The van der Waals surface area contributed by atoms with Crippen LogP contribution < -0.4 is 10.1 Å². The Hall–Kier alpha value is -3.95. The Morgan fingerprint density at radius 2 is 2.18 bits per heavy atom. The second-order valence-electron chi connectivity index (χ2n) is 6.24. The quantitative estimate of drug-likeness (QED) is 0.402. The van der Waals surface area contributed by atoms with Gasteiger partial charge in [-0.05, 0) is 12.5 Å². The number of nitro groups is 1. The molecule has 10 nitrogen and oxygen atoms in total. The predicted octanol–water partition coefficient (Wildman–Crippen LogP) is 3.33. The monoisotopic (exact) mass is 379 g/mol. The van der Waals surface area contributed by atoms with E-state index in [1.54, 1.807) is 36.4 Å². The van der Waals surface area contributed by atoms with Crippen LogP contribution in [-0.4, -0.2) is 36.8 Å². The van der Waals surface area contributed by atoms with Crippen molar-refractivity contribution in [2.75, 3.05) is 12.4 Å². The van der Waals surface area contributed by atoms with Gasteiger partial charge in [0.15, 0.2) is 0 Å². The highest BCUT2D eigenvalue weighted by Gasteiger charge is 2.18. The first kappa shape index (κ1) is 17.5. The molecule has 4 aromatic rings. The Morgan fingerprint density at radius 3 is 2.93 bits per heavy atom. The lowest BCUT2D eigenvalue weighted by Gasteiger charge is -2.08. The molecule has 142 valence electrons. The average Bonchev–Trinajstić information content (AvgIpc) is 3.26. The van der Waals surface area contributed by atoms with Crippen LogP contribution in [0.1, 0.15) is 5.56 Å². The Labute approximate surface area is 159 Å². The summed E-state index contributed by atoms with van der Waals surface area (Å²) in [4.78, 5) is 22.8. The van der Waals surface area contributed by atoms with E-state index in [2.05, 4.69) is 25.4 Å². The number of aromatic amines is 1. The van der Waals surface area contributed by atoms with Gasteiger partial charge < -0.3 is 15.0 Å². The van der Waals surface area contributed by atoms with Gasteiger partial charge in [-0.3, -0.25) is 14.8 Å². The van der Waals surface area contributed by atoms with Gasteiger partial charge in [-0.2, -0.15) is 0 Å². The molecule has 0 atom stereocenters. The Morgan fingerprint density at radius 1 is 1.36 bits per heavy atom. The number of nitro benzene ring substituents is 1. The summed E-state index contributed by atoms with van der Waals surface area (Å²) in [5.74, 6) is 0.794. The number of nitrogens with zero attached hydrogens (tertiary/aromatic N) is 5. The summed E-state index contributed by atoms with van der Waals surface area (Å²) < 4.78 is 6.86. The van der Waals surface area contributed by atoms with Crippen LogP contribution in [0.3, 0.4) is 0 Å². The molecule has 2 N–H and O–H groups in total. The Kier molecular flexibility index (Phi) is 4.15. The van der Waals surface area contributed by atoms with Crippen LogP contribution in [0.5, 0.6) is 5.88 Å². The fraction of sp³-hybridized carbons (Fsp3) is 0.167. The molecule has 0 amide bonds. The number of rotatable bonds is 5. The second-order valence-corrected chi connectivity index (χ2v) is 6.24. The van der Waals surface area contributed by atoms with E-state index in [0.29, 0.717) is 28.7 Å². The number of para-hydroxylation sites is 1. The number of hydrogen-bond donors (Lipinski definition) is 2. The molecule has 0 aliphatic heterocycles. The molecule has 0 aliphatic carbocycles. The van der Waals surface area contributed by atoms with Gasteiger partial charge in [0.2, 0.25) is 5.95 Å². The number of non-ortho nitro benzene ring substituents is 1. The summed E-state index contributed by atoms with van der Waals surface area (Å²) in [7, 11) is 3.32. The lowest BCUT2D eigenvalue weighted by Crippen LogP contribution is -2.00. The summed E-state index contributed by atoms with van der Waals surface area (Å²) in [5, 5.41) is 19.3. The zero-order valence-corrected chi connectivity index (χ0v) is 15.4. The summed E-state index contributed by atoms with van der Waals surface area (Å²) in [6.07, 6.45) is 5.18. The SMILES string of the molecule is COc1nn(C)cc1Nc1ncc(C)c(-c2c[nH]c3c([N+](=O)[O-])cccc23)n1. The van der Waals surface area contributed by atoms with Crippen LogP contribution in [0.4, 0.5) is 17.3 Å². The lowest BCUT2D eigenvalue weighted by atomic mass is 10.1. The average molecular weight is 379 g/mol. The third-order valence-corrected chi connectivity index (χ3v) is 4.35. The maximum Gasteiger partial charge on any atom is 0.293 e. The van der Waals surface area contributed by atoms with Gasteiger partial charge in [-0.1, -0.05) is 12.1 Å². The molecular formula is C18H17N7O3. The zero-order valence-electron chi connectivity index (χ0n) is 15.4. The van der Waals surface area contributed by atoms with Gasteiger partial charge >= 0.3 is 0 Å². The van der Waals surface area contributed by atoms with Crippen molar-refractivity contribution in [2.45, 2.75) is 6.92 Å². The molecule has 3 aromatic heterocycles. The molecule has 0 radical (unpaired) electrons. The number of benzene rings is 1. The fourth-order valence-electron chi connectivity index (χ4n) is 3.09. The number of fused-ring (bicyclic) bond motifs is 1. The summed E-state index contributed by atoms with van der Waals surface area (Å²) in [6.45, 7) is 1.89. The van der Waals surface area contributed by atoms with Gasteiger partial charge in [-0.25, -0.2) is 9.97 Å². The molecule has 0 saturated carbocycles. The molecule has 0 unspecified atom stereocenters. The van der Waals surface area contributed by atoms with Gasteiger partial charge in [0, 0.05) is 36.5 Å². The van der Waals surface area contributed by atoms with E-state index in [4.69, 9.17) is 4.74 Å². The third kappa shape index (κ3) is 2.90. The van der Waals surface area contributed by atoms with Crippen LogP contribution in [0.25, 0.3) is 22.2 Å². The molecule has 0 saturated heterocycles. The highest BCUT2D eigenvalue weighted by molar-refractivity contribution is 5.99. The number of nitrogens with one attached hydrogen (secondary N) is 2. The number of methoxy groups -OCH3 is 1. The first-order chi connectivity index (χ1) is 13.5. The van der Waals surface area contributed by atoms with E-state index >= 15 is 0 Å². The van der Waals surface area contributed by atoms with Gasteiger partial charge in [-0.15, -0.1) is 5.10 Å². The molecule has 0 fully saturated rings. The van der Waals surface area contributed by atoms with E-state index in [1.807, 2.05) is 13.0 Å². The molecule has 10 heteroatoms. The zero-order chi connectivity index (χ0) is 19.8. The van der Waals surface area contributed by atoms with E-state index in [0.717, 1.165) is 16.5 Å². The molecule has 0 aliphatic rings. The van der Waals surface area contributed by atoms with Crippen LogP contribution in [0.15, 0.2) is 36.8 Å². The van der Waals surface area contributed by atoms with E-state index < -0.39 is 4.92 Å². The Balaban J connectivity index is 1.79. The van der Waals surface area contributed by atoms with Crippen molar-refractivity contribution in [3.05, 3.63) is 52.5 Å². The van der Waals surface area contributed by atoms with Crippen molar-refractivity contribution in [3.8, 4) is 17.1 Å². The number of hydrogen-bond acceptors (Lipinski definition) is 7. The van der Waals surface area contributed by atoms with E-state index in [-0.39, 0.29) is 5.69 Å². The smallest absolute Gasteiger partial charge is 0.293 e. The highest BCUT2D eigenvalue weighted by atomic mass is 16.6. The molecular weight excluding hydrogens is 362 g/mol. The number of aryl methyl sites for hydroxylation is 2. The Bertz CT molecular complexity index is 1200. The minimum absolute atomic E-state index is 0.0221. The normalized spacial score (nSPS) is 11.0. The molecule has 1 aromatic carbocycles. The molecule has 4 rings (SSSR count). The highest BCUT2D eigenvalue weighted by Crippen LogP contribution is 2.34. The maximum atomic E-state index is 11.3. The first-order valence-corrected chi connectivity index (χ1v) is 8.41. The molecule has 0 bridgehead atoms. The predicted molar refractivity (Wildman–Crippen MR) is 104 cm³/mol. The van der Waals surface area contributed by atoms with Gasteiger partial charge in [0.25, 0.3) is 11.6 Å².